The van der Waals surface area contributed by atoms with Gasteiger partial charge in [0.15, 0.2) is 0 Å². The first-order chi connectivity index (χ1) is 8.84. The summed E-state index contributed by atoms with van der Waals surface area (Å²) in [7, 11) is 0. The molecule has 0 saturated heterocycles. The first kappa shape index (κ1) is 15.9. The summed E-state index contributed by atoms with van der Waals surface area (Å²) in [5.41, 5.74) is 2.53. The van der Waals surface area contributed by atoms with Crippen molar-refractivity contribution in [1.82, 2.24) is 0 Å². The van der Waals surface area contributed by atoms with Gasteiger partial charge >= 0.3 is 0 Å². The summed E-state index contributed by atoms with van der Waals surface area (Å²) in [6.45, 7) is 0. The highest BCUT2D eigenvalue weighted by Crippen LogP contribution is 2.12. The molecule has 0 fully saturated rings. The fourth-order valence-corrected chi connectivity index (χ4v) is 1.93. The Kier molecular flexibility index (Phi) is 7.46. The van der Waals surface area contributed by atoms with Crippen LogP contribution in [0.15, 0.2) is 77.3 Å². The van der Waals surface area contributed by atoms with E-state index in [4.69, 9.17) is 0 Å². The predicted molar refractivity (Wildman–Crippen MR) is 82.6 cm³/mol. The molecule has 0 saturated carbocycles. The van der Waals surface area contributed by atoms with Crippen LogP contribution in [0.3, 0.4) is 0 Å². The van der Waals surface area contributed by atoms with Crippen molar-refractivity contribution in [2.75, 3.05) is 0 Å². The lowest BCUT2D eigenvalue weighted by molar-refractivity contribution is -0.00000339. The topological polar surface area (TPSA) is 0 Å². The van der Waals surface area contributed by atoms with E-state index in [9.17, 15) is 0 Å². The lowest BCUT2D eigenvalue weighted by Crippen LogP contribution is -3.00. The van der Waals surface area contributed by atoms with Gasteiger partial charge in [0.25, 0.3) is 0 Å². The normalized spacial score (nSPS) is 11.3. The van der Waals surface area contributed by atoms with Gasteiger partial charge in [-0.3, -0.25) is 0 Å². The maximum Gasteiger partial charge on any atom is 0.0138 e. The van der Waals surface area contributed by atoms with Crippen LogP contribution in [0, 0.1) is 0 Å². The van der Waals surface area contributed by atoms with Crippen LogP contribution in [-0.4, -0.2) is 0 Å². The molecule has 0 nitrogen and oxygen atoms in total. The first-order valence-corrected chi connectivity index (χ1v) is 6.76. The third kappa shape index (κ3) is 6.04. The van der Waals surface area contributed by atoms with E-state index in [-0.39, 0.29) is 17.0 Å². The van der Waals surface area contributed by atoms with Crippen molar-refractivity contribution in [3.8, 4) is 0 Å². The van der Waals surface area contributed by atoms with Gasteiger partial charge in [-0.05, 0) is 23.6 Å². The minimum Gasteiger partial charge on any atom is -1.00 e. The van der Waals surface area contributed by atoms with Crippen LogP contribution in [0.4, 0.5) is 0 Å². The van der Waals surface area contributed by atoms with Gasteiger partial charge in [0, 0.05) is 4.48 Å². The van der Waals surface area contributed by atoms with Gasteiger partial charge in [0.05, 0.1) is 0 Å². The van der Waals surface area contributed by atoms with Crippen LogP contribution in [-0.2, 0) is 6.42 Å². The maximum atomic E-state index is 3.57. The van der Waals surface area contributed by atoms with Crippen LogP contribution in [0.2, 0.25) is 0 Å². The maximum absolute atomic E-state index is 3.57. The SMILES string of the molecule is BrC(=C\Cc1ccccc1)/C=C/c1ccccc1.[Br-]. The number of hydrogen-bond acceptors (Lipinski definition) is 0. The lowest BCUT2D eigenvalue weighted by Gasteiger charge is -1.96. The second kappa shape index (κ2) is 8.89. The van der Waals surface area contributed by atoms with Crippen molar-refractivity contribution in [2.24, 2.45) is 0 Å². The molecule has 0 aliphatic carbocycles. The van der Waals surface area contributed by atoms with Crippen molar-refractivity contribution >= 4 is 22.0 Å². The fraction of sp³-hybridized carbons (Fsp3) is 0.0588. The first-order valence-electron chi connectivity index (χ1n) is 5.97. The zero-order chi connectivity index (χ0) is 12.6. The van der Waals surface area contributed by atoms with Crippen molar-refractivity contribution in [1.29, 1.82) is 0 Å². The number of allylic oxidation sites excluding steroid dienone is 3. The molecule has 0 aliphatic heterocycles. The van der Waals surface area contributed by atoms with Crippen LogP contribution in [0.1, 0.15) is 11.1 Å². The van der Waals surface area contributed by atoms with E-state index in [2.05, 4.69) is 70.6 Å². The predicted octanol–water partition coefficient (Wildman–Crippen LogP) is 2.23. The smallest absolute Gasteiger partial charge is 0.0138 e. The number of benzene rings is 2. The summed E-state index contributed by atoms with van der Waals surface area (Å²) < 4.78 is 1.11. The van der Waals surface area contributed by atoms with E-state index < -0.39 is 0 Å². The molecule has 19 heavy (non-hydrogen) atoms. The zero-order valence-corrected chi connectivity index (χ0v) is 13.6. The largest absolute Gasteiger partial charge is 1.00 e. The number of rotatable bonds is 4. The van der Waals surface area contributed by atoms with E-state index in [1.807, 2.05) is 24.3 Å². The molecule has 2 rings (SSSR count). The Morgan fingerprint density at radius 1 is 0.895 bits per heavy atom. The highest BCUT2D eigenvalue weighted by molar-refractivity contribution is 9.11. The summed E-state index contributed by atoms with van der Waals surface area (Å²) in [4.78, 5) is 0. The molecule has 0 N–H and O–H groups in total. The standard InChI is InChI=1S/C17H15Br.BrH/c18-17(13-11-15-7-3-1-4-8-15)14-12-16-9-5-2-6-10-16;/h1-11,13-14H,12H2;1H/p-1/b13-11+,17-14-;. The Morgan fingerprint density at radius 3 is 2.11 bits per heavy atom. The van der Waals surface area contributed by atoms with E-state index >= 15 is 0 Å². The molecular weight excluding hydrogens is 364 g/mol. The molecule has 2 aromatic rings. The molecule has 0 bridgehead atoms. The second-order valence-electron chi connectivity index (χ2n) is 4.02. The third-order valence-electron chi connectivity index (χ3n) is 2.61. The average molecular weight is 379 g/mol. The zero-order valence-electron chi connectivity index (χ0n) is 10.5. The lowest BCUT2D eigenvalue weighted by atomic mass is 10.1. The summed E-state index contributed by atoms with van der Waals surface area (Å²) in [5, 5.41) is 0. The van der Waals surface area contributed by atoms with E-state index in [0.29, 0.717) is 0 Å². The molecule has 0 atom stereocenters. The molecular formula is C17H15Br2-. The molecule has 0 aliphatic rings. The highest BCUT2D eigenvalue weighted by Gasteiger charge is 1.89. The average Bonchev–Trinajstić information content (AvgIpc) is 2.45. The van der Waals surface area contributed by atoms with Gasteiger partial charge in [-0.2, -0.15) is 0 Å². The van der Waals surface area contributed by atoms with Gasteiger partial charge < -0.3 is 17.0 Å². The van der Waals surface area contributed by atoms with Gasteiger partial charge in [-0.25, -0.2) is 0 Å². The molecule has 0 amide bonds. The Bertz CT molecular complexity index is 528. The minimum atomic E-state index is 0. The van der Waals surface area contributed by atoms with Gasteiger partial charge in [0.1, 0.15) is 0 Å². The Balaban J connectivity index is 0.00000180. The summed E-state index contributed by atoms with van der Waals surface area (Å²) in [5.74, 6) is 0. The number of hydrogen-bond donors (Lipinski definition) is 0. The van der Waals surface area contributed by atoms with E-state index in [1.54, 1.807) is 0 Å². The second-order valence-corrected chi connectivity index (χ2v) is 4.94. The van der Waals surface area contributed by atoms with Gasteiger partial charge in [0.2, 0.25) is 0 Å². The molecule has 0 radical (unpaired) electrons. The molecule has 98 valence electrons. The monoisotopic (exact) mass is 377 g/mol. The van der Waals surface area contributed by atoms with Crippen LogP contribution >= 0.6 is 15.9 Å². The summed E-state index contributed by atoms with van der Waals surface area (Å²) in [6, 6.07) is 20.7. The Labute approximate surface area is 133 Å². The fourth-order valence-electron chi connectivity index (χ4n) is 1.64. The molecule has 2 aromatic carbocycles. The summed E-state index contributed by atoms with van der Waals surface area (Å²) in [6.07, 6.45) is 7.30. The molecule has 0 aromatic heterocycles. The minimum absolute atomic E-state index is 0. The van der Waals surface area contributed by atoms with E-state index in [1.165, 1.54) is 11.1 Å². The van der Waals surface area contributed by atoms with Gasteiger partial charge in [-0.1, -0.05) is 88.7 Å². The Hall–Kier alpha value is -1.12. The quantitative estimate of drug-likeness (QED) is 0.715. The van der Waals surface area contributed by atoms with Crippen molar-refractivity contribution in [2.45, 2.75) is 6.42 Å². The van der Waals surface area contributed by atoms with Crippen molar-refractivity contribution in [3.05, 3.63) is 88.4 Å². The van der Waals surface area contributed by atoms with Crippen molar-refractivity contribution in [3.63, 3.8) is 0 Å². The van der Waals surface area contributed by atoms with Crippen molar-refractivity contribution < 1.29 is 17.0 Å². The summed E-state index contributed by atoms with van der Waals surface area (Å²) >= 11 is 3.57. The molecule has 0 unspecified atom stereocenters. The van der Waals surface area contributed by atoms with E-state index in [0.717, 1.165) is 10.9 Å². The van der Waals surface area contributed by atoms with Crippen LogP contribution in [0.5, 0.6) is 0 Å². The Morgan fingerprint density at radius 2 is 1.47 bits per heavy atom. The molecule has 0 spiro atoms. The van der Waals surface area contributed by atoms with Crippen LogP contribution < -0.4 is 17.0 Å². The third-order valence-corrected chi connectivity index (χ3v) is 3.20. The van der Waals surface area contributed by atoms with Gasteiger partial charge in [-0.15, -0.1) is 0 Å². The van der Waals surface area contributed by atoms with Crippen LogP contribution in [0.25, 0.3) is 6.08 Å². The molecule has 0 heterocycles. The molecule has 2 heteroatoms. The highest BCUT2D eigenvalue weighted by atomic mass is 79.9. The number of halogens is 2.